The van der Waals surface area contributed by atoms with Gasteiger partial charge in [-0.05, 0) is 29.8 Å². The number of aromatic nitrogens is 1. The third kappa shape index (κ3) is 5.74. The molecule has 2 aromatic carbocycles. The molecule has 160 valence electrons. The summed E-state index contributed by atoms with van der Waals surface area (Å²) in [7, 11) is 0. The second-order valence-corrected chi connectivity index (χ2v) is 8.28. The van der Waals surface area contributed by atoms with Gasteiger partial charge in [0.1, 0.15) is 5.82 Å². The van der Waals surface area contributed by atoms with Crippen molar-refractivity contribution in [1.29, 1.82) is 0 Å². The van der Waals surface area contributed by atoms with Crippen LogP contribution in [0.5, 0.6) is 0 Å². The molecule has 1 saturated heterocycles. The molecule has 2 heterocycles. The Labute approximate surface area is 184 Å². The summed E-state index contributed by atoms with van der Waals surface area (Å²) in [6, 6.07) is 15.6. The molecular weight excluding hydrogens is 415 g/mol. The summed E-state index contributed by atoms with van der Waals surface area (Å²) in [5, 5.41) is 4.90. The number of anilines is 1. The number of benzene rings is 2. The molecule has 8 heteroatoms. The van der Waals surface area contributed by atoms with Gasteiger partial charge in [-0.25, -0.2) is 9.37 Å². The number of nitrogens with zero attached hydrogens (tertiary/aromatic N) is 3. The highest BCUT2D eigenvalue weighted by molar-refractivity contribution is 7.14. The molecule has 0 saturated carbocycles. The van der Waals surface area contributed by atoms with E-state index in [-0.39, 0.29) is 18.2 Å². The van der Waals surface area contributed by atoms with E-state index < -0.39 is 5.82 Å². The van der Waals surface area contributed by atoms with Crippen LogP contribution in [0, 0.1) is 5.82 Å². The van der Waals surface area contributed by atoms with E-state index in [2.05, 4.69) is 27.3 Å². The fourth-order valence-corrected chi connectivity index (χ4v) is 4.19. The van der Waals surface area contributed by atoms with Crippen LogP contribution in [0.2, 0.25) is 0 Å². The maximum atomic E-state index is 13.0. The zero-order valence-corrected chi connectivity index (χ0v) is 17.8. The van der Waals surface area contributed by atoms with Crippen molar-refractivity contribution >= 4 is 28.3 Å². The molecule has 1 aromatic heterocycles. The first-order valence-corrected chi connectivity index (χ1v) is 11.0. The number of rotatable bonds is 6. The monoisotopic (exact) mass is 438 g/mol. The van der Waals surface area contributed by atoms with Crippen molar-refractivity contribution in [3.8, 4) is 0 Å². The van der Waals surface area contributed by atoms with Gasteiger partial charge in [-0.2, -0.15) is 0 Å². The van der Waals surface area contributed by atoms with E-state index in [9.17, 15) is 14.0 Å². The van der Waals surface area contributed by atoms with Crippen molar-refractivity contribution < 1.29 is 14.0 Å². The molecule has 1 aliphatic heterocycles. The molecule has 0 bridgehead atoms. The number of hydrogen-bond acceptors (Lipinski definition) is 5. The maximum absolute atomic E-state index is 13.0. The summed E-state index contributed by atoms with van der Waals surface area (Å²) in [6.45, 7) is 3.98. The van der Waals surface area contributed by atoms with E-state index in [1.165, 1.54) is 41.2 Å². The second kappa shape index (κ2) is 9.80. The Morgan fingerprint density at radius 2 is 1.71 bits per heavy atom. The van der Waals surface area contributed by atoms with Gasteiger partial charge >= 0.3 is 0 Å². The van der Waals surface area contributed by atoms with Crippen LogP contribution in [0.25, 0.3) is 0 Å². The predicted molar refractivity (Wildman–Crippen MR) is 118 cm³/mol. The molecule has 1 fully saturated rings. The van der Waals surface area contributed by atoms with Crippen LogP contribution < -0.4 is 5.32 Å². The van der Waals surface area contributed by atoms with E-state index in [0.29, 0.717) is 29.5 Å². The average molecular weight is 439 g/mol. The lowest BCUT2D eigenvalue weighted by Crippen LogP contribution is -2.48. The van der Waals surface area contributed by atoms with Crippen LogP contribution >= 0.6 is 11.3 Å². The lowest BCUT2D eigenvalue weighted by Gasteiger charge is -2.34. The van der Waals surface area contributed by atoms with Crippen molar-refractivity contribution in [3.63, 3.8) is 0 Å². The van der Waals surface area contributed by atoms with Gasteiger partial charge in [-0.3, -0.25) is 19.8 Å². The highest BCUT2D eigenvalue weighted by Crippen LogP contribution is 2.18. The summed E-state index contributed by atoms with van der Waals surface area (Å²) in [5.41, 5.74) is 2.26. The number of thiazole rings is 1. The molecule has 0 atom stereocenters. The van der Waals surface area contributed by atoms with Crippen LogP contribution in [0.4, 0.5) is 9.52 Å². The number of piperazine rings is 1. The van der Waals surface area contributed by atoms with Crippen molar-refractivity contribution in [3.05, 3.63) is 82.6 Å². The van der Waals surface area contributed by atoms with E-state index >= 15 is 0 Å². The van der Waals surface area contributed by atoms with Crippen molar-refractivity contribution in [2.45, 2.75) is 13.0 Å². The molecule has 6 nitrogen and oxygen atoms in total. The number of carbonyl (C=O) groups excluding carboxylic acids is 2. The number of hydrogen-bond donors (Lipinski definition) is 1. The first kappa shape index (κ1) is 21.1. The number of carbonyl (C=O) groups is 2. The molecule has 4 rings (SSSR count). The predicted octanol–water partition coefficient (Wildman–Crippen LogP) is 3.42. The van der Waals surface area contributed by atoms with Crippen LogP contribution in [0.15, 0.2) is 60.0 Å². The average Bonchev–Trinajstić information content (AvgIpc) is 3.22. The normalized spacial score (nSPS) is 14.4. The van der Waals surface area contributed by atoms with Gasteiger partial charge in [-0.1, -0.05) is 30.3 Å². The van der Waals surface area contributed by atoms with Crippen molar-refractivity contribution in [2.24, 2.45) is 0 Å². The quantitative estimate of drug-likeness (QED) is 0.641. The standard InChI is InChI=1S/C23H23FN4O2S/c24-19-8-6-18(7-9-19)22(30)26-23-25-20(16-31-23)14-21(29)28-12-10-27(11-13-28)15-17-4-2-1-3-5-17/h1-9,16H,10-15H2,(H,25,26,30). The summed E-state index contributed by atoms with van der Waals surface area (Å²) < 4.78 is 13.0. The van der Waals surface area contributed by atoms with Gasteiger partial charge in [-0.15, -0.1) is 11.3 Å². The van der Waals surface area contributed by atoms with Crippen LogP contribution in [-0.2, 0) is 17.8 Å². The van der Waals surface area contributed by atoms with Crippen LogP contribution in [-0.4, -0.2) is 52.8 Å². The smallest absolute Gasteiger partial charge is 0.257 e. The van der Waals surface area contributed by atoms with E-state index in [4.69, 9.17) is 0 Å². The van der Waals surface area contributed by atoms with Gasteiger partial charge in [0.05, 0.1) is 12.1 Å². The fourth-order valence-electron chi connectivity index (χ4n) is 3.48. The first-order chi connectivity index (χ1) is 15.1. The molecular formula is C23H23FN4O2S. The SMILES string of the molecule is O=C(Nc1nc(CC(=O)N2CCN(Cc3ccccc3)CC2)cs1)c1ccc(F)cc1. The molecule has 0 unspecified atom stereocenters. The zero-order valence-electron chi connectivity index (χ0n) is 17.0. The van der Waals surface area contributed by atoms with Crippen molar-refractivity contribution in [1.82, 2.24) is 14.8 Å². The topological polar surface area (TPSA) is 65.5 Å². The van der Waals surface area contributed by atoms with Crippen LogP contribution in [0.1, 0.15) is 21.6 Å². The molecule has 31 heavy (non-hydrogen) atoms. The highest BCUT2D eigenvalue weighted by Gasteiger charge is 2.22. The minimum absolute atomic E-state index is 0.0427. The summed E-state index contributed by atoms with van der Waals surface area (Å²) >= 11 is 1.27. The lowest BCUT2D eigenvalue weighted by atomic mass is 10.2. The molecule has 1 aliphatic rings. The van der Waals surface area contributed by atoms with Crippen molar-refractivity contribution in [2.75, 3.05) is 31.5 Å². The van der Waals surface area contributed by atoms with Gasteiger partial charge in [0.15, 0.2) is 5.13 Å². The largest absolute Gasteiger partial charge is 0.340 e. The zero-order chi connectivity index (χ0) is 21.6. The van der Waals surface area contributed by atoms with E-state index in [0.717, 1.165) is 19.6 Å². The molecule has 1 N–H and O–H groups in total. The minimum atomic E-state index is -0.396. The number of nitrogens with one attached hydrogen (secondary N) is 1. The second-order valence-electron chi connectivity index (χ2n) is 7.42. The molecule has 2 amide bonds. The Hall–Kier alpha value is -3.10. The molecule has 0 aliphatic carbocycles. The Bertz CT molecular complexity index is 1030. The minimum Gasteiger partial charge on any atom is -0.340 e. The van der Waals surface area contributed by atoms with E-state index in [1.807, 2.05) is 23.1 Å². The number of halogens is 1. The lowest BCUT2D eigenvalue weighted by molar-refractivity contribution is -0.132. The number of amides is 2. The third-order valence-corrected chi connectivity index (χ3v) is 5.99. The maximum Gasteiger partial charge on any atom is 0.257 e. The first-order valence-electron chi connectivity index (χ1n) is 10.1. The molecule has 0 spiro atoms. The van der Waals surface area contributed by atoms with Gasteiger partial charge in [0.25, 0.3) is 5.91 Å². The molecule has 3 aromatic rings. The summed E-state index contributed by atoms with van der Waals surface area (Å²) in [5.74, 6) is -0.713. The van der Waals surface area contributed by atoms with Gasteiger partial charge < -0.3 is 4.90 Å². The highest BCUT2D eigenvalue weighted by atomic mass is 32.1. The Kier molecular flexibility index (Phi) is 6.69. The molecule has 0 radical (unpaired) electrons. The van der Waals surface area contributed by atoms with E-state index in [1.54, 1.807) is 5.38 Å². The van der Waals surface area contributed by atoms with Gasteiger partial charge in [0.2, 0.25) is 5.91 Å². The van der Waals surface area contributed by atoms with Gasteiger partial charge in [0, 0.05) is 43.7 Å². The summed E-state index contributed by atoms with van der Waals surface area (Å²) in [4.78, 5) is 33.5. The third-order valence-electron chi connectivity index (χ3n) is 5.18. The Morgan fingerprint density at radius 3 is 2.42 bits per heavy atom. The summed E-state index contributed by atoms with van der Waals surface area (Å²) in [6.07, 6.45) is 0.210. The fraction of sp³-hybridized carbons (Fsp3) is 0.261. The Morgan fingerprint density at radius 1 is 1.00 bits per heavy atom. The Balaban J connectivity index is 1.25. The van der Waals surface area contributed by atoms with Crippen LogP contribution in [0.3, 0.4) is 0 Å².